The number of rotatable bonds is 6. The van der Waals surface area contributed by atoms with Gasteiger partial charge in [-0.1, -0.05) is 24.3 Å². The van der Waals surface area contributed by atoms with E-state index in [1.807, 2.05) is 0 Å². The monoisotopic (exact) mass is 334 g/mol. The summed E-state index contributed by atoms with van der Waals surface area (Å²) in [5, 5.41) is 0. The quantitative estimate of drug-likeness (QED) is 0.381. The van der Waals surface area contributed by atoms with E-state index < -0.39 is 0 Å². The lowest BCUT2D eigenvalue weighted by Crippen LogP contribution is -2.25. The minimum Gasteiger partial charge on any atom is -0.233 e. The van der Waals surface area contributed by atoms with Crippen LogP contribution in [0, 0.1) is 0 Å². The highest BCUT2D eigenvalue weighted by atomic mass is 15.1. The highest BCUT2D eigenvalue weighted by Crippen LogP contribution is 2.13. The molecule has 0 unspecified atom stereocenters. The molecule has 0 saturated carbocycles. The van der Waals surface area contributed by atoms with E-state index in [1.54, 1.807) is 0 Å². The average Bonchev–Trinajstić information content (AvgIpc) is 3.13. The average molecular weight is 334 g/mol. The lowest BCUT2D eigenvalue weighted by Gasteiger charge is -2.00. The molecule has 4 nitrogen and oxygen atoms in total. The third kappa shape index (κ3) is 3.04. The highest BCUT2D eigenvalue weighted by Gasteiger charge is 2.13. The number of nitrogens with zero attached hydrogens (tertiary/aromatic N) is 4. The number of aryl methyl sites for hydroxylation is 4. The van der Waals surface area contributed by atoms with Gasteiger partial charge in [-0.3, -0.25) is 0 Å². The molecule has 0 N–H and O–H groups in total. The molecular formula is C21H26N4+2. The van der Waals surface area contributed by atoms with Gasteiger partial charge in [-0.15, -0.1) is 0 Å². The van der Waals surface area contributed by atoms with E-state index in [1.165, 1.54) is 41.3 Å². The van der Waals surface area contributed by atoms with Crippen LogP contribution in [0.4, 0.5) is 0 Å². The molecule has 2 aromatic heterocycles. The van der Waals surface area contributed by atoms with Crippen LogP contribution in [0.15, 0.2) is 61.2 Å². The molecule has 0 aliphatic rings. The van der Waals surface area contributed by atoms with Crippen LogP contribution in [0.3, 0.4) is 0 Å². The summed E-state index contributed by atoms with van der Waals surface area (Å²) in [5.74, 6) is 0. The number of para-hydroxylation sites is 4. The maximum Gasteiger partial charge on any atom is 0.244 e. The van der Waals surface area contributed by atoms with Crippen molar-refractivity contribution in [2.75, 3.05) is 0 Å². The van der Waals surface area contributed by atoms with Crippen LogP contribution in [0.5, 0.6) is 0 Å². The van der Waals surface area contributed by atoms with E-state index in [0.29, 0.717) is 0 Å². The molecule has 4 heteroatoms. The Morgan fingerprint density at radius 3 is 1.56 bits per heavy atom. The van der Waals surface area contributed by atoms with Crippen molar-refractivity contribution in [2.45, 2.75) is 32.4 Å². The Hall–Kier alpha value is -2.62. The van der Waals surface area contributed by atoms with Crippen LogP contribution in [-0.4, -0.2) is 9.13 Å². The van der Waals surface area contributed by atoms with Gasteiger partial charge in [0.2, 0.25) is 12.7 Å². The van der Waals surface area contributed by atoms with E-state index in [-0.39, 0.29) is 0 Å². The van der Waals surface area contributed by atoms with Gasteiger partial charge in [0.25, 0.3) is 0 Å². The summed E-state index contributed by atoms with van der Waals surface area (Å²) in [5.41, 5.74) is 5.25. The van der Waals surface area contributed by atoms with Crippen molar-refractivity contribution in [3.05, 3.63) is 61.2 Å². The van der Waals surface area contributed by atoms with Gasteiger partial charge in [-0.2, -0.15) is 0 Å². The Morgan fingerprint density at radius 1 is 0.640 bits per heavy atom. The number of aromatic nitrogens is 4. The second kappa shape index (κ2) is 6.71. The number of unbranched alkanes of at least 4 members (excludes halogenated alkanes) is 2. The first-order chi connectivity index (χ1) is 12.2. The van der Waals surface area contributed by atoms with Gasteiger partial charge in [-0.25, -0.2) is 18.3 Å². The fourth-order valence-corrected chi connectivity index (χ4v) is 3.77. The largest absolute Gasteiger partial charge is 0.244 e. The molecule has 0 amide bonds. The standard InChI is InChI=1S/C21H26N4/c1-22-16-24(20-12-6-4-10-18(20)22)14-8-3-9-15-25-17-23(2)19-11-5-7-13-21(19)25/h4-7,10-13,16-17H,3,8-9,14-15H2,1-2H3/q+2. The van der Waals surface area contributed by atoms with Crippen LogP contribution in [0.2, 0.25) is 0 Å². The van der Waals surface area contributed by atoms with Gasteiger partial charge in [0.05, 0.1) is 27.2 Å². The second-order valence-electron chi connectivity index (χ2n) is 6.88. The molecule has 2 heterocycles. The summed E-state index contributed by atoms with van der Waals surface area (Å²) in [6.45, 7) is 2.17. The zero-order valence-electron chi connectivity index (χ0n) is 15.1. The van der Waals surface area contributed by atoms with Crippen LogP contribution < -0.4 is 9.13 Å². The van der Waals surface area contributed by atoms with E-state index in [9.17, 15) is 0 Å². The Kier molecular flexibility index (Phi) is 4.26. The number of imidazole rings is 2. The molecule has 0 saturated heterocycles. The van der Waals surface area contributed by atoms with E-state index in [4.69, 9.17) is 0 Å². The molecule has 2 aromatic carbocycles. The van der Waals surface area contributed by atoms with Crippen LogP contribution >= 0.6 is 0 Å². The normalized spacial score (nSPS) is 11.6. The maximum atomic E-state index is 2.38. The minimum absolute atomic E-state index is 1.08. The minimum atomic E-state index is 1.08. The van der Waals surface area contributed by atoms with Crippen molar-refractivity contribution >= 4 is 22.1 Å². The third-order valence-electron chi connectivity index (χ3n) is 5.07. The second-order valence-corrected chi connectivity index (χ2v) is 6.88. The summed E-state index contributed by atoms with van der Waals surface area (Å²) in [7, 11) is 4.24. The highest BCUT2D eigenvalue weighted by molar-refractivity contribution is 5.72. The Labute approximate surface area is 148 Å². The molecule has 128 valence electrons. The molecule has 0 aliphatic carbocycles. The Bertz CT molecular complexity index is 927. The van der Waals surface area contributed by atoms with Crippen molar-refractivity contribution in [3.8, 4) is 0 Å². The van der Waals surface area contributed by atoms with E-state index >= 15 is 0 Å². The summed E-state index contributed by atoms with van der Waals surface area (Å²) in [6, 6.07) is 17.2. The number of hydrogen-bond donors (Lipinski definition) is 0. The van der Waals surface area contributed by atoms with Gasteiger partial charge in [0.1, 0.15) is 0 Å². The molecule has 0 atom stereocenters. The summed E-state index contributed by atoms with van der Waals surface area (Å²) >= 11 is 0. The summed E-state index contributed by atoms with van der Waals surface area (Å²) in [4.78, 5) is 0. The van der Waals surface area contributed by atoms with Crippen molar-refractivity contribution in [1.29, 1.82) is 0 Å². The van der Waals surface area contributed by atoms with Crippen molar-refractivity contribution in [1.82, 2.24) is 9.13 Å². The molecule has 4 aromatic rings. The van der Waals surface area contributed by atoms with Gasteiger partial charge in [0, 0.05) is 0 Å². The lowest BCUT2D eigenvalue weighted by atomic mass is 10.2. The predicted octanol–water partition coefficient (Wildman–Crippen LogP) is 3.12. The molecule has 0 bridgehead atoms. The van der Waals surface area contributed by atoms with Gasteiger partial charge in [-0.05, 0) is 43.5 Å². The van der Waals surface area contributed by atoms with E-state index in [2.05, 4.69) is 93.5 Å². The summed E-state index contributed by atoms with van der Waals surface area (Å²) in [6.07, 6.45) is 8.09. The Morgan fingerprint density at radius 2 is 1.08 bits per heavy atom. The van der Waals surface area contributed by atoms with Crippen molar-refractivity contribution in [2.24, 2.45) is 14.1 Å². The van der Waals surface area contributed by atoms with Crippen LogP contribution in [0.1, 0.15) is 19.3 Å². The fraction of sp³-hybridized carbons (Fsp3) is 0.333. The topological polar surface area (TPSA) is 17.6 Å². The van der Waals surface area contributed by atoms with Crippen LogP contribution in [0.25, 0.3) is 22.1 Å². The molecule has 0 spiro atoms. The smallest absolute Gasteiger partial charge is 0.233 e. The van der Waals surface area contributed by atoms with E-state index in [0.717, 1.165) is 13.1 Å². The fourth-order valence-electron chi connectivity index (χ4n) is 3.77. The SMILES string of the molecule is C[n+]1cn(CCCCCn2c[n+](C)c3ccccc32)c2ccccc21. The first-order valence-corrected chi connectivity index (χ1v) is 9.11. The number of benzene rings is 2. The van der Waals surface area contributed by atoms with Crippen LogP contribution in [-0.2, 0) is 27.2 Å². The number of fused-ring (bicyclic) bond motifs is 2. The molecule has 25 heavy (non-hydrogen) atoms. The number of hydrogen-bond acceptors (Lipinski definition) is 0. The molecule has 4 rings (SSSR count). The zero-order chi connectivity index (χ0) is 17.2. The van der Waals surface area contributed by atoms with Gasteiger partial charge in [0.15, 0.2) is 22.1 Å². The van der Waals surface area contributed by atoms with Crippen molar-refractivity contribution in [3.63, 3.8) is 0 Å². The summed E-state index contributed by atoms with van der Waals surface area (Å²) < 4.78 is 9.17. The molecular weight excluding hydrogens is 308 g/mol. The predicted molar refractivity (Wildman–Crippen MR) is 100 cm³/mol. The first kappa shape index (κ1) is 15.9. The maximum absolute atomic E-state index is 2.38. The van der Waals surface area contributed by atoms with Crippen molar-refractivity contribution < 1.29 is 9.13 Å². The third-order valence-corrected chi connectivity index (χ3v) is 5.07. The molecule has 0 radical (unpaired) electrons. The zero-order valence-corrected chi connectivity index (χ0v) is 15.1. The Balaban J connectivity index is 1.35. The molecule has 0 fully saturated rings. The van der Waals surface area contributed by atoms with Gasteiger partial charge >= 0.3 is 0 Å². The lowest BCUT2D eigenvalue weighted by molar-refractivity contribution is -0.645. The molecule has 0 aliphatic heterocycles. The first-order valence-electron chi connectivity index (χ1n) is 9.11. The van der Waals surface area contributed by atoms with Gasteiger partial charge < -0.3 is 0 Å².